The van der Waals surface area contributed by atoms with Crippen LogP contribution < -0.4 is 15.8 Å². The molecule has 0 spiro atoms. The Morgan fingerprint density at radius 3 is 2.50 bits per heavy atom. The Morgan fingerprint density at radius 2 is 1.77 bits per heavy atom. The van der Waals surface area contributed by atoms with Crippen LogP contribution in [0.2, 0.25) is 10.0 Å². The van der Waals surface area contributed by atoms with Gasteiger partial charge >= 0.3 is 5.97 Å². The van der Waals surface area contributed by atoms with Gasteiger partial charge in [-0.1, -0.05) is 35.3 Å². The largest absolute Gasteiger partial charge is 0.481 e. The number of nitrogens with one attached hydrogen (secondary N) is 1. The van der Waals surface area contributed by atoms with Crippen molar-refractivity contribution in [2.75, 3.05) is 18.5 Å². The van der Waals surface area contributed by atoms with Gasteiger partial charge in [-0.25, -0.2) is 4.79 Å². The molecule has 0 aliphatic rings. The third-order valence-electron chi connectivity index (χ3n) is 3.06. The second kappa shape index (κ2) is 9.07. The topological polar surface area (TPSA) is 108 Å². The summed E-state index contributed by atoms with van der Waals surface area (Å²) in [6.45, 7) is -1.03. The highest BCUT2D eigenvalue weighted by atomic mass is 35.5. The number of ether oxygens (including phenoxy) is 2. The maximum atomic E-state index is 11.8. The lowest BCUT2D eigenvalue weighted by molar-refractivity contribution is -0.149. The number of benzene rings is 2. The highest BCUT2D eigenvalue weighted by molar-refractivity contribution is 6.35. The molecule has 0 aromatic heterocycles. The van der Waals surface area contributed by atoms with Gasteiger partial charge in [-0.15, -0.1) is 0 Å². The molecule has 0 aliphatic carbocycles. The van der Waals surface area contributed by atoms with Gasteiger partial charge in [0.1, 0.15) is 5.75 Å². The number of carbonyl (C=O) groups is 3. The van der Waals surface area contributed by atoms with Gasteiger partial charge in [-0.3, -0.25) is 9.59 Å². The molecule has 0 atom stereocenters. The molecule has 7 nitrogen and oxygen atoms in total. The maximum Gasteiger partial charge on any atom is 0.344 e. The van der Waals surface area contributed by atoms with E-state index in [2.05, 4.69) is 5.32 Å². The quantitative estimate of drug-likeness (QED) is 0.699. The van der Waals surface area contributed by atoms with Gasteiger partial charge in [0, 0.05) is 5.02 Å². The average molecular weight is 397 g/mol. The lowest BCUT2D eigenvalue weighted by Gasteiger charge is -2.10. The molecule has 2 aromatic carbocycles. The van der Waals surface area contributed by atoms with Crippen molar-refractivity contribution < 1.29 is 23.9 Å². The average Bonchev–Trinajstić information content (AvgIpc) is 2.61. The Bertz CT molecular complexity index is 842. The zero-order chi connectivity index (χ0) is 19.1. The van der Waals surface area contributed by atoms with E-state index >= 15 is 0 Å². The van der Waals surface area contributed by atoms with Crippen LogP contribution in [0.3, 0.4) is 0 Å². The van der Waals surface area contributed by atoms with Gasteiger partial charge in [-0.2, -0.15) is 0 Å². The molecule has 0 bridgehead atoms. The summed E-state index contributed by atoms with van der Waals surface area (Å²) in [5, 5.41) is 3.15. The number of para-hydroxylation sites is 1. The SMILES string of the molecule is NC(=O)c1ccccc1OCC(=O)OCC(=O)Nc1cc(Cl)ccc1Cl. The molecule has 0 heterocycles. The van der Waals surface area contributed by atoms with Crippen LogP contribution in [-0.4, -0.2) is 31.0 Å². The fourth-order valence-corrected chi connectivity index (χ4v) is 2.24. The van der Waals surface area contributed by atoms with Crippen LogP contribution in [0.1, 0.15) is 10.4 Å². The molecule has 136 valence electrons. The first-order valence-electron chi connectivity index (χ1n) is 7.29. The standard InChI is InChI=1S/C17H14Cl2N2O5/c18-10-5-6-12(19)13(7-10)21-15(22)8-26-16(23)9-25-14-4-2-1-3-11(14)17(20)24/h1-7H,8-9H2,(H2,20,24)(H,21,22). The molecular weight excluding hydrogens is 383 g/mol. The summed E-state index contributed by atoms with van der Waals surface area (Å²) in [5.41, 5.74) is 5.64. The van der Waals surface area contributed by atoms with E-state index in [1.165, 1.54) is 24.3 Å². The maximum absolute atomic E-state index is 11.8. The predicted octanol–water partition coefficient (Wildman–Crippen LogP) is 2.65. The van der Waals surface area contributed by atoms with E-state index in [9.17, 15) is 14.4 Å². The molecule has 0 radical (unpaired) electrons. The molecule has 2 amide bonds. The number of anilines is 1. The molecule has 0 fully saturated rings. The normalized spacial score (nSPS) is 10.1. The minimum Gasteiger partial charge on any atom is -0.481 e. The molecule has 0 aliphatic heterocycles. The Kier molecular flexibility index (Phi) is 6.82. The number of rotatable bonds is 7. The van der Waals surface area contributed by atoms with Crippen molar-refractivity contribution >= 4 is 46.7 Å². The lowest BCUT2D eigenvalue weighted by atomic mass is 10.2. The Labute approximate surface area is 159 Å². The second-order valence-corrected chi connectivity index (χ2v) is 5.83. The fraction of sp³-hybridized carbons (Fsp3) is 0.118. The molecule has 2 rings (SSSR count). The molecule has 0 unspecified atom stereocenters. The molecule has 9 heteroatoms. The van der Waals surface area contributed by atoms with Crippen molar-refractivity contribution in [2.45, 2.75) is 0 Å². The van der Waals surface area contributed by atoms with Crippen LogP contribution in [0.15, 0.2) is 42.5 Å². The number of hydrogen-bond acceptors (Lipinski definition) is 5. The zero-order valence-electron chi connectivity index (χ0n) is 13.3. The van der Waals surface area contributed by atoms with E-state index < -0.39 is 31.0 Å². The summed E-state index contributed by atoms with van der Waals surface area (Å²) < 4.78 is 10.0. The van der Waals surface area contributed by atoms with Crippen molar-refractivity contribution in [3.05, 3.63) is 58.1 Å². The van der Waals surface area contributed by atoms with E-state index in [-0.39, 0.29) is 11.3 Å². The van der Waals surface area contributed by atoms with Crippen LogP contribution in [0, 0.1) is 0 Å². The summed E-state index contributed by atoms with van der Waals surface area (Å²) in [4.78, 5) is 34.8. The van der Waals surface area contributed by atoms with E-state index in [0.717, 1.165) is 0 Å². The predicted molar refractivity (Wildman–Crippen MR) is 96.5 cm³/mol. The first-order valence-corrected chi connectivity index (χ1v) is 8.04. The summed E-state index contributed by atoms with van der Waals surface area (Å²) in [6, 6.07) is 10.7. The highest BCUT2D eigenvalue weighted by Crippen LogP contribution is 2.25. The van der Waals surface area contributed by atoms with Crippen molar-refractivity contribution in [1.82, 2.24) is 0 Å². The first kappa shape index (κ1) is 19.6. The van der Waals surface area contributed by atoms with Gasteiger partial charge in [0.25, 0.3) is 11.8 Å². The van der Waals surface area contributed by atoms with Gasteiger partial charge in [-0.05, 0) is 30.3 Å². The van der Waals surface area contributed by atoms with Crippen molar-refractivity contribution in [2.24, 2.45) is 5.73 Å². The molecule has 2 aromatic rings. The van der Waals surface area contributed by atoms with Crippen LogP contribution in [0.25, 0.3) is 0 Å². The van der Waals surface area contributed by atoms with Gasteiger partial charge in [0.2, 0.25) is 0 Å². The number of amides is 2. The third-order valence-corrected chi connectivity index (χ3v) is 3.63. The van der Waals surface area contributed by atoms with E-state index in [4.69, 9.17) is 38.4 Å². The number of carbonyl (C=O) groups excluding carboxylic acids is 3. The first-order chi connectivity index (χ1) is 12.4. The second-order valence-electron chi connectivity index (χ2n) is 4.98. The van der Waals surface area contributed by atoms with Crippen LogP contribution in [-0.2, 0) is 14.3 Å². The molecule has 0 saturated heterocycles. The minimum atomic E-state index is -0.795. The van der Waals surface area contributed by atoms with Crippen molar-refractivity contribution in [3.63, 3.8) is 0 Å². The highest BCUT2D eigenvalue weighted by Gasteiger charge is 2.13. The fourth-order valence-electron chi connectivity index (χ4n) is 1.90. The Morgan fingerprint density at radius 1 is 1.04 bits per heavy atom. The summed E-state index contributed by atoms with van der Waals surface area (Å²) >= 11 is 11.7. The number of halogens is 2. The molecule has 0 saturated carbocycles. The Hall–Kier alpha value is -2.77. The van der Waals surface area contributed by atoms with Gasteiger partial charge in [0.15, 0.2) is 13.2 Å². The van der Waals surface area contributed by atoms with Crippen LogP contribution >= 0.6 is 23.2 Å². The van der Waals surface area contributed by atoms with Gasteiger partial charge in [0.05, 0.1) is 16.3 Å². The monoisotopic (exact) mass is 396 g/mol. The minimum absolute atomic E-state index is 0.133. The van der Waals surface area contributed by atoms with E-state index in [1.807, 2.05) is 0 Å². The van der Waals surface area contributed by atoms with Crippen LogP contribution in [0.4, 0.5) is 5.69 Å². The Balaban J connectivity index is 1.82. The summed E-state index contributed by atoms with van der Waals surface area (Å²) in [6.07, 6.45) is 0. The van der Waals surface area contributed by atoms with Crippen LogP contribution in [0.5, 0.6) is 5.75 Å². The van der Waals surface area contributed by atoms with Crippen molar-refractivity contribution in [3.8, 4) is 5.75 Å². The molecular formula is C17H14Cl2N2O5. The summed E-state index contributed by atoms with van der Waals surface area (Å²) in [5.74, 6) is -1.93. The number of esters is 1. The molecule has 3 N–H and O–H groups in total. The smallest absolute Gasteiger partial charge is 0.344 e. The number of primary amides is 1. The lowest BCUT2D eigenvalue weighted by Crippen LogP contribution is -2.24. The van der Waals surface area contributed by atoms with E-state index in [0.29, 0.717) is 15.7 Å². The summed E-state index contributed by atoms with van der Waals surface area (Å²) in [7, 11) is 0. The van der Waals surface area contributed by atoms with Gasteiger partial charge < -0.3 is 20.5 Å². The zero-order valence-corrected chi connectivity index (χ0v) is 14.8. The number of nitrogens with two attached hydrogens (primary N) is 1. The number of hydrogen-bond donors (Lipinski definition) is 2. The van der Waals surface area contributed by atoms with Crippen molar-refractivity contribution in [1.29, 1.82) is 0 Å². The van der Waals surface area contributed by atoms with E-state index in [1.54, 1.807) is 18.2 Å². The molecule has 26 heavy (non-hydrogen) atoms. The third kappa shape index (κ3) is 5.65.